The van der Waals surface area contributed by atoms with Crippen molar-refractivity contribution in [1.82, 2.24) is 39.5 Å². The van der Waals surface area contributed by atoms with E-state index < -0.39 is 0 Å². The summed E-state index contributed by atoms with van der Waals surface area (Å²) in [6.45, 7) is 2.70. The summed E-state index contributed by atoms with van der Waals surface area (Å²) in [5, 5.41) is 15.8. The minimum atomic E-state index is -0.289. The zero-order chi connectivity index (χ0) is 27.0. The Morgan fingerprint density at radius 1 is 1.23 bits per heavy atom. The Labute approximate surface area is 232 Å². The molecule has 11 heteroatoms. The van der Waals surface area contributed by atoms with Crippen molar-refractivity contribution in [3.8, 4) is 23.2 Å². The van der Waals surface area contributed by atoms with Gasteiger partial charge in [-0.3, -0.25) is 9.58 Å². The number of nitrogens with zero attached hydrogens (tertiary/aromatic N) is 8. The summed E-state index contributed by atoms with van der Waals surface area (Å²) < 4.78 is 8.24. The fraction of sp³-hybridized carbons (Fsp3) is 0.464. The van der Waals surface area contributed by atoms with E-state index in [0.29, 0.717) is 23.5 Å². The van der Waals surface area contributed by atoms with Gasteiger partial charge in [-0.25, -0.2) is 15.0 Å². The van der Waals surface area contributed by atoms with E-state index in [1.165, 1.54) is 0 Å². The van der Waals surface area contributed by atoms with Gasteiger partial charge in [-0.05, 0) is 57.5 Å². The summed E-state index contributed by atoms with van der Waals surface area (Å²) in [7, 11) is 4.06. The first-order valence-corrected chi connectivity index (χ1v) is 13.7. The van der Waals surface area contributed by atoms with Crippen molar-refractivity contribution < 1.29 is 4.74 Å². The van der Waals surface area contributed by atoms with E-state index in [0.717, 1.165) is 73.2 Å². The van der Waals surface area contributed by atoms with Crippen LogP contribution in [0, 0.1) is 11.3 Å². The molecule has 2 aliphatic rings. The first-order chi connectivity index (χ1) is 18.9. The van der Waals surface area contributed by atoms with Crippen molar-refractivity contribution in [3.63, 3.8) is 0 Å². The molecule has 6 rings (SSSR count). The van der Waals surface area contributed by atoms with Crippen LogP contribution in [-0.4, -0.2) is 78.8 Å². The van der Waals surface area contributed by atoms with Crippen molar-refractivity contribution in [3.05, 3.63) is 53.8 Å². The molecule has 4 aromatic heterocycles. The normalized spacial score (nSPS) is 22.2. The zero-order valence-corrected chi connectivity index (χ0v) is 23.0. The number of nitriles is 1. The molecule has 2 fully saturated rings. The van der Waals surface area contributed by atoms with Gasteiger partial charge in [0, 0.05) is 55.1 Å². The number of hydrogen-bond acceptors (Lipinski definition) is 8. The zero-order valence-electron chi connectivity index (χ0n) is 22.2. The Balaban J connectivity index is 1.08. The van der Waals surface area contributed by atoms with Crippen molar-refractivity contribution in [2.75, 3.05) is 27.2 Å². The van der Waals surface area contributed by atoms with E-state index in [1.54, 1.807) is 6.33 Å². The van der Waals surface area contributed by atoms with Gasteiger partial charge in [-0.2, -0.15) is 10.4 Å². The molecule has 0 radical (unpaired) electrons. The van der Waals surface area contributed by atoms with Gasteiger partial charge in [0.15, 0.2) is 0 Å². The summed E-state index contributed by atoms with van der Waals surface area (Å²) in [6, 6.07) is 8.69. The second-order valence-corrected chi connectivity index (χ2v) is 11.4. The molecule has 1 saturated heterocycles. The molecule has 0 aromatic carbocycles. The molecule has 0 spiro atoms. The van der Waals surface area contributed by atoms with Gasteiger partial charge in [-0.15, -0.1) is 0 Å². The van der Waals surface area contributed by atoms with Crippen LogP contribution >= 0.6 is 11.6 Å². The summed E-state index contributed by atoms with van der Waals surface area (Å²) in [5.41, 5.74) is 3.39. The number of hydrogen-bond donors (Lipinski definition) is 1. The number of pyridine rings is 1. The summed E-state index contributed by atoms with van der Waals surface area (Å²) in [4.78, 5) is 20.9. The quantitative estimate of drug-likeness (QED) is 0.327. The van der Waals surface area contributed by atoms with E-state index in [2.05, 4.69) is 35.8 Å². The maximum atomic E-state index is 9.66. The predicted octanol–water partition coefficient (Wildman–Crippen LogP) is 4.25. The largest absolute Gasteiger partial charge is 0.474 e. The fourth-order valence-corrected chi connectivity index (χ4v) is 6.23. The lowest BCUT2D eigenvalue weighted by Gasteiger charge is -2.52. The summed E-state index contributed by atoms with van der Waals surface area (Å²) >= 11 is 6.25. The third kappa shape index (κ3) is 5.22. The lowest BCUT2D eigenvalue weighted by molar-refractivity contribution is -0.0212. The van der Waals surface area contributed by atoms with E-state index in [9.17, 15) is 5.26 Å². The van der Waals surface area contributed by atoms with E-state index in [1.807, 2.05) is 55.6 Å². The lowest BCUT2D eigenvalue weighted by Crippen LogP contribution is -2.58. The van der Waals surface area contributed by atoms with Crippen LogP contribution in [0.2, 0.25) is 5.15 Å². The number of aromatic nitrogens is 6. The first kappa shape index (κ1) is 25.7. The minimum absolute atomic E-state index is 0.121. The van der Waals surface area contributed by atoms with Crippen LogP contribution in [0.3, 0.4) is 0 Å². The van der Waals surface area contributed by atoms with Gasteiger partial charge in [0.05, 0.1) is 29.9 Å². The Kier molecular flexibility index (Phi) is 6.97. The highest BCUT2D eigenvalue weighted by atomic mass is 35.5. The maximum absolute atomic E-state index is 9.66. The van der Waals surface area contributed by atoms with Gasteiger partial charge in [0.25, 0.3) is 0 Å². The van der Waals surface area contributed by atoms with E-state index in [-0.39, 0.29) is 11.6 Å². The average Bonchev–Trinajstić information content (AvgIpc) is 3.56. The molecule has 4 aromatic rings. The molecule has 0 atom stereocenters. The van der Waals surface area contributed by atoms with Crippen LogP contribution in [0.25, 0.3) is 22.3 Å². The van der Waals surface area contributed by atoms with Crippen LogP contribution in [-0.2, 0) is 12.1 Å². The Hall–Kier alpha value is -3.52. The SMILES string of the molecule is CN(C)Cc1cc(Cl)nc(OC2CCN([C@H]3C[C@](CC#N)(n4cc(-c5ncnc6[nH]ccc56)cn4)C3)CC2)c1. The first-order valence-electron chi connectivity index (χ1n) is 13.3. The molecule has 1 aliphatic heterocycles. The molecule has 1 N–H and O–H groups in total. The van der Waals surface area contributed by atoms with E-state index in [4.69, 9.17) is 21.4 Å². The molecular formula is C28H32ClN9O. The van der Waals surface area contributed by atoms with Crippen LogP contribution in [0.5, 0.6) is 5.88 Å². The van der Waals surface area contributed by atoms with Gasteiger partial charge < -0.3 is 14.6 Å². The Morgan fingerprint density at radius 3 is 2.82 bits per heavy atom. The predicted molar refractivity (Wildman–Crippen MR) is 148 cm³/mol. The van der Waals surface area contributed by atoms with E-state index >= 15 is 0 Å². The highest BCUT2D eigenvalue weighted by Gasteiger charge is 2.49. The van der Waals surface area contributed by atoms with Crippen LogP contribution in [0.15, 0.2) is 43.1 Å². The molecular weight excluding hydrogens is 514 g/mol. The van der Waals surface area contributed by atoms with Gasteiger partial charge in [0.2, 0.25) is 5.88 Å². The summed E-state index contributed by atoms with van der Waals surface area (Å²) in [6.07, 6.45) is 11.5. The molecule has 1 saturated carbocycles. The molecule has 0 bridgehead atoms. The third-order valence-corrected chi connectivity index (χ3v) is 8.14. The molecule has 39 heavy (non-hydrogen) atoms. The highest BCUT2D eigenvalue weighted by molar-refractivity contribution is 6.29. The number of ether oxygens (including phenoxy) is 1. The lowest BCUT2D eigenvalue weighted by atomic mass is 9.69. The van der Waals surface area contributed by atoms with Gasteiger partial charge in [-0.1, -0.05) is 11.6 Å². The van der Waals surface area contributed by atoms with Gasteiger partial charge in [0.1, 0.15) is 23.2 Å². The molecule has 1 aliphatic carbocycles. The minimum Gasteiger partial charge on any atom is -0.474 e. The second kappa shape index (κ2) is 10.6. The third-order valence-electron chi connectivity index (χ3n) is 7.94. The Bertz CT molecular complexity index is 1490. The fourth-order valence-electron chi connectivity index (χ4n) is 6.01. The van der Waals surface area contributed by atoms with Crippen molar-refractivity contribution in [2.24, 2.45) is 0 Å². The molecule has 10 nitrogen and oxygen atoms in total. The number of rotatable bonds is 8. The van der Waals surface area contributed by atoms with Crippen molar-refractivity contribution >= 4 is 22.6 Å². The summed E-state index contributed by atoms with van der Waals surface area (Å²) in [5.74, 6) is 0.601. The van der Waals surface area contributed by atoms with Crippen molar-refractivity contribution in [2.45, 2.75) is 56.3 Å². The number of aromatic amines is 1. The monoisotopic (exact) mass is 545 g/mol. The number of piperidine rings is 1. The van der Waals surface area contributed by atoms with Gasteiger partial charge >= 0.3 is 0 Å². The highest BCUT2D eigenvalue weighted by Crippen LogP contribution is 2.45. The van der Waals surface area contributed by atoms with Crippen LogP contribution in [0.1, 0.15) is 37.7 Å². The Morgan fingerprint density at radius 2 is 2.05 bits per heavy atom. The maximum Gasteiger partial charge on any atom is 0.215 e. The van der Waals surface area contributed by atoms with Crippen LogP contribution < -0.4 is 4.74 Å². The molecule has 0 amide bonds. The van der Waals surface area contributed by atoms with Crippen molar-refractivity contribution in [1.29, 1.82) is 5.26 Å². The number of likely N-dealkylation sites (tertiary alicyclic amines) is 1. The average molecular weight is 546 g/mol. The molecule has 202 valence electrons. The standard InChI is InChI=1S/C28H32ClN9O/c1-36(2)16-19-11-24(29)35-25(12-19)39-22-4-9-37(10-5-22)21-13-28(14-21,6-7-30)38-17-20(15-34-38)26-23-3-8-31-27(23)33-18-32-26/h3,8,11-12,15,17-18,21-22H,4-6,9-10,13-14,16H2,1-2H3,(H,31,32,33)/t21-,28-. The number of fused-ring (bicyclic) bond motifs is 1. The second-order valence-electron chi connectivity index (χ2n) is 11.0. The number of halogens is 1. The smallest absolute Gasteiger partial charge is 0.215 e. The topological polar surface area (TPSA) is 112 Å². The molecule has 5 heterocycles. The van der Waals surface area contributed by atoms with Crippen LogP contribution in [0.4, 0.5) is 0 Å². The molecule has 0 unspecified atom stereocenters. The number of H-pyrrole nitrogens is 1. The number of nitrogens with one attached hydrogen (secondary N) is 1.